The van der Waals surface area contributed by atoms with Gasteiger partial charge in [-0.3, -0.25) is 4.98 Å². The molecule has 40 heavy (non-hydrogen) atoms. The molecule has 0 spiro atoms. The Morgan fingerprint density at radius 2 is 1.52 bits per heavy atom. The highest BCUT2D eigenvalue weighted by Crippen LogP contribution is 2.28. The summed E-state index contributed by atoms with van der Waals surface area (Å²) in [5.74, 6) is 0.497. The molecule has 4 aromatic rings. The van der Waals surface area contributed by atoms with E-state index in [1.807, 2.05) is 130 Å². The van der Waals surface area contributed by atoms with Crippen LogP contribution in [0.5, 0.6) is 5.75 Å². The van der Waals surface area contributed by atoms with Gasteiger partial charge in [0.2, 0.25) is 0 Å². The van der Waals surface area contributed by atoms with Crippen LogP contribution in [0.2, 0.25) is 0 Å². The fourth-order valence-electron chi connectivity index (χ4n) is 4.22. The lowest BCUT2D eigenvalue weighted by Crippen LogP contribution is -2.46. The number of anilines is 1. The van der Waals surface area contributed by atoms with Gasteiger partial charge in [-0.25, -0.2) is 4.79 Å². The van der Waals surface area contributed by atoms with Crippen molar-refractivity contribution in [1.29, 1.82) is 0 Å². The van der Waals surface area contributed by atoms with Crippen LogP contribution in [0, 0.1) is 0 Å². The third-order valence-electron chi connectivity index (χ3n) is 6.32. The van der Waals surface area contributed by atoms with E-state index in [4.69, 9.17) is 14.2 Å². The number of nitrogens with zero attached hydrogens (tertiary/aromatic N) is 2. The van der Waals surface area contributed by atoms with Crippen molar-refractivity contribution in [3.05, 3.63) is 114 Å². The molecule has 3 aromatic carbocycles. The predicted molar refractivity (Wildman–Crippen MR) is 159 cm³/mol. The van der Waals surface area contributed by atoms with E-state index in [1.54, 1.807) is 6.20 Å². The predicted octanol–water partition coefficient (Wildman–Crippen LogP) is 7.08. The summed E-state index contributed by atoms with van der Waals surface area (Å²) in [5.41, 5.74) is 4.33. The largest absolute Gasteiger partial charge is 0.489 e. The summed E-state index contributed by atoms with van der Waals surface area (Å²) >= 11 is 0. The van der Waals surface area contributed by atoms with E-state index >= 15 is 0 Å². The minimum Gasteiger partial charge on any atom is -0.489 e. The lowest BCUT2D eigenvalue weighted by atomic mass is 10.0. The Bertz CT molecular complexity index is 1340. The van der Waals surface area contributed by atoms with Gasteiger partial charge in [-0.05, 0) is 75.2 Å². The maximum atomic E-state index is 13.3. The molecule has 4 rings (SSSR count). The molecule has 1 heterocycles. The number of ether oxygens (including phenoxy) is 3. The highest BCUT2D eigenvalue weighted by molar-refractivity contribution is 5.81. The van der Waals surface area contributed by atoms with Gasteiger partial charge < -0.3 is 19.1 Å². The second-order valence-electron chi connectivity index (χ2n) is 10.5. The Labute approximate surface area is 237 Å². The Kier molecular flexibility index (Phi) is 9.92. The van der Waals surface area contributed by atoms with E-state index in [1.165, 1.54) is 0 Å². The van der Waals surface area contributed by atoms with E-state index < -0.39 is 11.6 Å². The maximum Gasteiger partial charge on any atom is 0.329 e. The van der Waals surface area contributed by atoms with Gasteiger partial charge in [0, 0.05) is 23.9 Å². The highest BCUT2D eigenvalue weighted by atomic mass is 16.5. The second kappa shape index (κ2) is 13.8. The van der Waals surface area contributed by atoms with E-state index in [0.29, 0.717) is 19.6 Å². The molecule has 0 amide bonds. The molecule has 0 aliphatic rings. The SMILES string of the molecule is CCOC(=O)[C@H](Cc1ccccc1)N(COC(C)(C)C)c1ccnc(-c2ccc(OCc3ccccc3)cc2)c1. The van der Waals surface area contributed by atoms with E-state index in [0.717, 1.165) is 33.8 Å². The Morgan fingerprint density at radius 3 is 2.15 bits per heavy atom. The Morgan fingerprint density at radius 1 is 0.875 bits per heavy atom. The number of rotatable bonds is 12. The average molecular weight is 539 g/mol. The number of aromatic nitrogens is 1. The van der Waals surface area contributed by atoms with Crippen molar-refractivity contribution in [3.63, 3.8) is 0 Å². The molecule has 1 atom stereocenters. The molecule has 0 radical (unpaired) electrons. The van der Waals surface area contributed by atoms with Gasteiger partial charge in [-0.1, -0.05) is 60.7 Å². The molecular weight excluding hydrogens is 500 g/mol. The van der Waals surface area contributed by atoms with Crippen molar-refractivity contribution < 1.29 is 19.0 Å². The van der Waals surface area contributed by atoms with Gasteiger partial charge in [-0.15, -0.1) is 0 Å². The van der Waals surface area contributed by atoms with Crippen LogP contribution in [0.1, 0.15) is 38.8 Å². The number of benzene rings is 3. The molecule has 0 aliphatic carbocycles. The lowest BCUT2D eigenvalue weighted by Gasteiger charge is -2.34. The number of hydrogen-bond donors (Lipinski definition) is 0. The number of carbonyl (C=O) groups is 1. The van der Waals surface area contributed by atoms with Gasteiger partial charge >= 0.3 is 5.97 Å². The summed E-state index contributed by atoms with van der Waals surface area (Å²) in [5, 5.41) is 0. The third kappa shape index (κ3) is 8.42. The zero-order valence-electron chi connectivity index (χ0n) is 23.7. The van der Waals surface area contributed by atoms with Crippen molar-refractivity contribution in [3.8, 4) is 17.0 Å². The fourth-order valence-corrected chi connectivity index (χ4v) is 4.22. The van der Waals surface area contributed by atoms with Crippen LogP contribution in [0.3, 0.4) is 0 Å². The number of pyridine rings is 1. The van der Waals surface area contributed by atoms with Crippen molar-refractivity contribution in [2.75, 3.05) is 18.2 Å². The molecule has 0 aliphatic heterocycles. The molecule has 1 aromatic heterocycles. The first kappa shape index (κ1) is 28.8. The molecule has 0 bridgehead atoms. The zero-order valence-corrected chi connectivity index (χ0v) is 23.7. The molecular formula is C34H38N2O4. The standard InChI is InChI=1S/C34H38N2O4/c1-5-38-33(37)32(22-26-12-8-6-9-13-26)36(25-40-34(2,3)4)29-20-21-35-31(23-29)28-16-18-30(19-17-28)39-24-27-14-10-7-11-15-27/h6-21,23,32H,5,22,24-25H2,1-4H3/t32-/m0/s1. The van der Waals surface area contributed by atoms with E-state index in [9.17, 15) is 4.79 Å². The minimum absolute atomic E-state index is 0.218. The van der Waals surface area contributed by atoms with Crippen LogP contribution >= 0.6 is 0 Å². The molecule has 208 valence electrons. The van der Waals surface area contributed by atoms with Crippen molar-refractivity contribution in [2.45, 2.75) is 52.4 Å². The van der Waals surface area contributed by atoms with Gasteiger partial charge in [0.1, 0.15) is 25.1 Å². The zero-order chi connectivity index (χ0) is 28.4. The minimum atomic E-state index is -0.575. The molecule has 0 saturated carbocycles. The average Bonchev–Trinajstić information content (AvgIpc) is 2.97. The van der Waals surface area contributed by atoms with Gasteiger partial charge in [0.15, 0.2) is 0 Å². The Balaban J connectivity index is 1.60. The van der Waals surface area contributed by atoms with Crippen molar-refractivity contribution in [2.24, 2.45) is 0 Å². The number of hydrogen-bond acceptors (Lipinski definition) is 6. The summed E-state index contributed by atoms with van der Waals surface area (Å²) < 4.78 is 17.7. The van der Waals surface area contributed by atoms with Crippen LogP contribution in [0.15, 0.2) is 103 Å². The van der Waals surface area contributed by atoms with Gasteiger partial charge in [0.25, 0.3) is 0 Å². The topological polar surface area (TPSA) is 60.9 Å². The van der Waals surface area contributed by atoms with E-state index in [2.05, 4.69) is 4.98 Å². The monoisotopic (exact) mass is 538 g/mol. The fraction of sp³-hybridized carbons (Fsp3) is 0.294. The number of esters is 1. The first-order valence-corrected chi connectivity index (χ1v) is 13.7. The van der Waals surface area contributed by atoms with Crippen LogP contribution in [0.4, 0.5) is 5.69 Å². The highest BCUT2D eigenvalue weighted by Gasteiger charge is 2.30. The first-order chi connectivity index (χ1) is 19.3. The summed E-state index contributed by atoms with van der Waals surface area (Å²) in [7, 11) is 0. The van der Waals surface area contributed by atoms with Gasteiger partial charge in [-0.2, -0.15) is 0 Å². The number of carbonyl (C=O) groups excluding carboxylic acids is 1. The smallest absolute Gasteiger partial charge is 0.329 e. The molecule has 6 nitrogen and oxygen atoms in total. The van der Waals surface area contributed by atoms with Crippen molar-refractivity contribution in [1.82, 2.24) is 4.98 Å². The molecule has 0 unspecified atom stereocenters. The van der Waals surface area contributed by atoms with Gasteiger partial charge in [0.05, 0.1) is 17.9 Å². The normalized spacial score (nSPS) is 12.0. The summed E-state index contributed by atoms with van der Waals surface area (Å²) in [4.78, 5) is 19.9. The second-order valence-corrected chi connectivity index (χ2v) is 10.5. The molecule has 0 saturated heterocycles. The maximum absolute atomic E-state index is 13.3. The van der Waals surface area contributed by atoms with Crippen LogP contribution in [-0.4, -0.2) is 35.9 Å². The van der Waals surface area contributed by atoms with Crippen LogP contribution in [0.25, 0.3) is 11.3 Å². The summed E-state index contributed by atoms with van der Waals surface area (Å²) in [6, 6.07) is 31.3. The first-order valence-electron chi connectivity index (χ1n) is 13.7. The Hall–Kier alpha value is -4.16. The molecule has 0 fully saturated rings. The summed E-state index contributed by atoms with van der Waals surface area (Å²) in [6.45, 7) is 8.86. The van der Waals surface area contributed by atoms with Crippen molar-refractivity contribution >= 4 is 11.7 Å². The lowest BCUT2D eigenvalue weighted by molar-refractivity contribution is -0.145. The summed E-state index contributed by atoms with van der Waals surface area (Å²) in [6.07, 6.45) is 2.25. The van der Waals surface area contributed by atoms with Crippen LogP contribution in [-0.2, 0) is 27.3 Å². The third-order valence-corrected chi connectivity index (χ3v) is 6.32. The van der Waals surface area contributed by atoms with Crippen LogP contribution < -0.4 is 9.64 Å². The quantitative estimate of drug-likeness (QED) is 0.142. The van der Waals surface area contributed by atoms with E-state index in [-0.39, 0.29) is 12.7 Å². The molecule has 0 N–H and O–H groups in total. The molecule has 6 heteroatoms.